The molecule has 2 nitrogen and oxygen atoms in total. The Morgan fingerprint density at radius 2 is 1.80 bits per heavy atom. The van der Waals surface area contributed by atoms with Gasteiger partial charge in [0.05, 0.1) is 0 Å². The molecular weight excluding hydrogens is 155 g/mol. The second-order valence-corrected chi connectivity index (χ2v) is 7.37. The second kappa shape index (κ2) is 5.35. The van der Waals surface area contributed by atoms with Crippen molar-refractivity contribution in [1.29, 1.82) is 0 Å². The minimum absolute atomic E-state index is 0. The van der Waals surface area contributed by atoms with Crippen LogP contribution in [0.25, 0.3) is 0 Å². The van der Waals surface area contributed by atoms with Crippen molar-refractivity contribution < 1.29 is 9.22 Å². The van der Waals surface area contributed by atoms with Crippen molar-refractivity contribution in [1.82, 2.24) is 0 Å². The van der Waals surface area contributed by atoms with Gasteiger partial charge in [-0.2, -0.15) is 0 Å². The van der Waals surface area contributed by atoms with Crippen LogP contribution in [-0.2, 0) is 9.22 Å². The van der Waals surface area contributed by atoms with E-state index < -0.39 is 8.32 Å². The quantitative estimate of drug-likeness (QED) is 0.581. The minimum atomic E-state index is -1.59. The first kappa shape index (κ1) is 13.3. The van der Waals surface area contributed by atoms with Crippen LogP contribution >= 0.6 is 0 Å². The molecule has 10 heavy (non-hydrogen) atoms. The van der Waals surface area contributed by atoms with Gasteiger partial charge in [-0.15, -0.1) is 0 Å². The summed E-state index contributed by atoms with van der Waals surface area (Å²) in [4.78, 5) is 10.6. The fourth-order valence-corrected chi connectivity index (χ4v) is 1.24. The van der Waals surface area contributed by atoms with Crippen LogP contribution in [0.5, 0.6) is 0 Å². The van der Waals surface area contributed by atoms with Gasteiger partial charge in [0.15, 0.2) is 0 Å². The molecule has 0 aromatic heterocycles. The summed E-state index contributed by atoms with van der Waals surface area (Å²) in [5, 5.41) is 0. The Labute approximate surface area is 85.8 Å². The molecule has 0 aliphatic rings. The van der Waals surface area contributed by atoms with Crippen molar-refractivity contribution in [3.63, 3.8) is 0 Å². The van der Waals surface area contributed by atoms with Crippen molar-refractivity contribution in [2.45, 2.75) is 33.0 Å². The fourth-order valence-electron chi connectivity index (χ4n) is 0.414. The molecule has 0 aliphatic carbocycles. The molecule has 4 heteroatoms. The van der Waals surface area contributed by atoms with Crippen LogP contribution in [0.4, 0.5) is 0 Å². The van der Waals surface area contributed by atoms with Gasteiger partial charge >= 0.3 is 29.6 Å². The molecule has 0 spiro atoms. The average Bonchev–Trinajstić information content (AvgIpc) is 1.62. The Balaban J connectivity index is 0. The van der Waals surface area contributed by atoms with E-state index in [0.29, 0.717) is 6.42 Å². The van der Waals surface area contributed by atoms with Crippen LogP contribution in [0.1, 0.15) is 13.3 Å². The average molecular weight is 170 g/mol. The van der Waals surface area contributed by atoms with Gasteiger partial charge in [-0.1, -0.05) is 6.92 Å². The SMILES string of the molecule is CCC(=O)O[Si](C)(C)C.[NaH]. The standard InChI is InChI=1S/C6H14O2Si.Na.H/c1-5-6(7)8-9(2,3)4;;/h5H2,1-4H3;;. The molecule has 0 bridgehead atoms. The predicted octanol–water partition coefficient (Wildman–Crippen LogP) is 1.13. The van der Waals surface area contributed by atoms with Crippen molar-refractivity contribution in [2.75, 3.05) is 0 Å². The Morgan fingerprint density at radius 1 is 1.40 bits per heavy atom. The van der Waals surface area contributed by atoms with E-state index in [1.807, 2.05) is 26.6 Å². The van der Waals surface area contributed by atoms with Crippen molar-refractivity contribution >= 4 is 43.8 Å². The molecule has 0 unspecified atom stereocenters. The molecule has 0 heterocycles. The summed E-state index contributed by atoms with van der Waals surface area (Å²) in [6.07, 6.45) is 0.490. The molecular formula is C6H15NaO2Si. The van der Waals surface area contributed by atoms with Gasteiger partial charge in [0.2, 0.25) is 8.32 Å². The predicted molar refractivity (Wildman–Crippen MR) is 46.9 cm³/mol. The van der Waals surface area contributed by atoms with Crippen LogP contribution in [0.15, 0.2) is 0 Å². The molecule has 0 fully saturated rings. The molecule has 56 valence electrons. The van der Waals surface area contributed by atoms with Crippen molar-refractivity contribution in [3.05, 3.63) is 0 Å². The molecule has 0 amide bonds. The third-order valence-electron chi connectivity index (χ3n) is 0.709. The third kappa shape index (κ3) is 8.69. The van der Waals surface area contributed by atoms with Gasteiger partial charge in [0.25, 0.3) is 5.97 Å². The van der Waals surface area contributed by atoms with Gasteiger partial charge in [-0.05, 0) is 19.6 Å². The molecule has 0 rings (SSSR count). The zero-order chi connectivity index (χ0) is 7.49. The van der Waals surface area contributed by atoms with Gasteiger partial charge in [-0.3, -0.25) is 4.79 Å². The van der Waals surface area contributed by atoms with E-state index in [1.165, 1.54) is 0 Å². The van der Waals surface area contributed by atoms with Gasteiger partial charge in [0.1, 0.15) is 0 Å². The summed E-state index contributed by atoms with van der Waals surface area (Å²) >= 11 is 0. The van der Waals surface area contributed by atoms with E-state index in [4.69, 9.17) is 4.43 Å². The third-order valence-corrected chi connectivity index (χ3v) is 1.55. The van der Waals surface area contributed by atoms with Crippen LogP contribution in [0.2, 0.25) is 19.6 Å². The maximum atomic E-state index is 10.6. The van der Waals surface area contributed by atoms with Crippen LogP contribution in [0.3, 0.4) is 0 Å². The maximum absolute atomic E-state index is 10.6. The number of carbonyl (C=O) groups excluding carboxylic acids is 1. The Bertz CT molecular complexity index is 109. The molecule has 0 saturated carbocycles. The molecule has 0 saturated heterocycles. The Hall–Kier alpha value is 0.687. The number of hydrogen-bond donors (Lipinski definition) is 0. The van der Waals surface area contributed by atoms with Crippen molar-refractivity contribution in [2.24, 2.45) is 0 Å². The van der Waals surface area contributed by atoms with Gasteiger partial charge in [0, 0.05) is 6.42 Å². The van der Waals surface area contributed by atoms with E-state index in [1.54, 1.807) is 0 Å². The summed E-state index contributed by atoms with van der Waals surface area (Å²) in [6.45, 7) is 7.81. The van der Waals surface area contributed by atoms with Crippen LogP contribution < -0.4 is 0 Å². The van der Waals surface area contributed by atoms with Crippen LogP contribution in [0, 0.1) is 0 Å². The zero-order valence-electron chi connectivity index (χ0n) is 6.52. The Kier molecular flexibility index (Phi) is 7.11. The number of hydrogen-bond acceptors (Lipinski definition) is 2. The number of rotatable bonds is 2. The summed E-state index contributed by atoms with van der Waals surface area (Å²) in [5.41, 5.74) is 0. The molecule has 0 aliphatic heterocycles. The van der Waals surface area contributed by atoms with E-state index in [9.17, 15) is 4.79 Å². The zero-order valence-corrected chi connectivity index (χ0v) is 7.52. The molecule has 0 N–H and O–H groups in total. The first-order valence-electron chi connectivity index (χ1n) is 3.17. The van der Waals surface area contributed by atoms with E-state index in [-0.39, 0.29) is 35.5 Å². The summed E-state index contributed by atoms with van der Waals surface area (Å²) in [6, 6.07) is 0. The first-order valence-corrected chi connectivity index (χ1v) is 6.58. The van der Waals surface area contributed by atoms with E-state index in [2.05, 4.69) is 0 Å². The Morgan fingerprint density at radius 3 is 1.90 bits per heavy atom. The molecule has 0 atom stereocenters. The van der Waals surface area contributed by atoms with Crippen molar-refractivity contribution in [3.8, 4) is 0 Å². The normalized spacial score (nSPS) is 10.0. The molecule has 0 aromatic carbocycles. The van der Waals surface area contributed by atoms with Crippen LogP contribution in [-0.4, -0.2) is 43.8 Å². The number of carbonyl (C=O) groups is 1. The molecule has 0 radical (unpaired) electrons. The van der Waals surface area contributed by atoms with E-state index >= 15 is 0 Å². The van der Waals surface area contributed by atoms with Gasteiger partial charge in [-0.25, -0.2) is 0 Å². The fraction of sp³-hybridized carbons (Fsp3) is 0.833. The second-order valence-electron chi connectivity index (χ2n) is 2.94. The summed E-state index contributed by atoms with van der Waals surface area (Å²) in [5.74, 6) is -0.0748. The monoisotopic (exact) mass is 170 g/mol. The summed E-state index contributed by atoms with van der Waals surface area (Å²) < 4.78 is 5.09. The topological polar surface area (TPSA) is 26.3 Å². The molecule has 0 aromatic rings. The first-order chi connectivity index (χ1) is 3.95. The van der Waals surface area contributed by atoms with E-state index in [0.717, 1.165) is 0 Å². The van der Waals surface area contributed by atoms with Gasteiger partial charge < -0.3 is 4.43 Å². The summed E-state index contributed by atoms with van der Waals surface area (Å²) in [7, 11) is -1.59.